The Morgan fingerprint density at radius 3 is 1.85 bits per heavy atom. The molecule has 1 saturated carbocycles. The van der Waals surface area contributed by atoms with Crippen molar-refractivity contribution in [1.29, 1.82) is 0 Å². The highest BCUT2D eigenvalue weighted by molar-refractivity contribution is 6.88. The standard InChI is InChI=1S/C41H69N2O5Si5/c1-33-17-13-14-18-37(33)30-42-40-19-15-16-20-41(40)43-31-38-29-39(26-21-34(38)2)44-32-36-24-22-35(23-25-36)27-28-53(12,46-49(3)45-50(4,5)6)48-52(10,11)47-51(7,8)9/h13-14,17-18,21-26,29,40-43H,15-16,19-20,27-28,30-32H2,1-12H3/t40-,41?,53?/m0/s1. The highest BCUT2D eigenvalue weighted by Gasteiger charge is 2.44. The number of benzene rings is 3. The van der Waals surface area contributed by atoms with Gasteiger partial charge in [0.1, 0.15) is 12.4 Å². The average molecular weight is 810 g/mol. The average Bonchev–Trinajstić information content (AvgIpc) is 3.04. The zero-order valence-electron chi connectivity index (χ0n) is 34.9. The molecule has 293 valence electrons. The number of ether oxygens (including phenoxy) is 1. The Morgan fingerprint density at radius 2 is 1.25 bits per heavy atom. The van der Waals surface area contributed by atoms with Crippen molar-refractivity contribution in [3.05, 3.63) is 100 Å². The van der Waals surface area contributed by atoms with E-state index in [0.29, 0.717) is 18.7 Å². The van der Waals surface area contributed by atoms with Crippen molar-refractivity contribution in [1.82, 2.24) is 10.6 Å². The van der Waals surface area contributed by atoms with Crippen molar-refractivity contribution >= 4 is 43.0 Å². The topological polar surface area (TPSA) is 70.2 Å². The first-order chi connectivity index (χ1) is 24.8. The first-order valence-corrected chi connectivity index (χ1v) is 33.7. The third-order valence-electron chi connectivity index (χ3n) is 9.58. The van der Waals surface area contributed by atoms with E-state index >= 15 is 0 Å². The van der Waals surface area contributed by atoms with E-state index < -0.39 is 43.0 Å². The summed E-state index contributed by atoms with van der Waals surface area (Å²) in [7, 11) is -9.89. The van der Waals surface area contributed by atoms with E-state index in [1.54, 1.807) is 0 Å². The van der Waals surface area contributed by atoms with Crippen LogP contribution in [-0.2, 0) is 42.6 Å². The minimum atomic E-state index is -2.59. The largest absolute Gasteiger partial charge is 0.489 e. The Kier molecular flexibility index (Phi) is 16.2. The number of hydrogen-bond acceptors (Lipinski definition) is 7. The summed E-state index contributed by atoms with van der Waals surface area (Å²) in [5.41, 5.74) is 7.77. The predicted octanol–water partition coefficient (Wildman–Crippen LogP) is 10.2. The van der Waals surface area contributed by atoms with E-state index in [1.165, 1.54) is 53.5 Å². The van der Waals surface area contributed by atoms with Crippen LogP contribution in [0.5, 0.6) is 5.75 Å². The number of hydrogen-bond donors (Lipinski definition) is 2. The molecule has 0 saturated heterocycles. The summed E-state index contributed by atoms with van der Waals surface area (Å²) in [5, 5.41) is 7.79. The van der Waals surface area contributed by atoms with Crippen LogP contribution in [0.4, 0.5) is 0 Å². The second-order valence-electron chi connectivity index (χ2n) is 17.5. The van der Waals surface area contributed by atoms with Gasteiger partial charge in [-0.3, -0.25) is 0 Å². The molecule has 0 amide bonds. The van der Waals surface area contributed by atoms with Gasteiger partial charge in [0.15, 0.2) is 16.6 Å². The van der Waals surface area contributed by atoms with Gasteiger partial charge in [0.25, 0.3) is 0 Å². The Morgan fingerprint density at radius 1 is 0.660 bits per heavy atom. The second kappa shape index (κ2) is 19.4. The molecule has 1 fully saturated rings. The summed E-state index contributed by atoms with van der Waals surface area (Å²) < 4.78 is 33.0. The van der Waals surface area contributed by atoms with Crippen molar-refractivity contribution in [3.63, 3.8) is 0 Å². The molecule has 4 rings (SSSR count). The van der Waals surface area contributed by atoms with Gasteiger partial charge in [0.05, 0.1) is 0 Å². The van der Waals surface area contributed by atoms with Gasteiger partial charge < -0.3 is 31.8 Å². The number of aryl methyl sites for hydroxylation is 3. The smallest absolute Gasteiger partial charge is 0.360 e. The summed E-state index contributed by atoms with van der Waals surface area (Å²) in [6, 6.07) is 25.8. The van der Waals surface area contributed by atoms with Crippen molar-refractivity contribution in [2.45, 2.75) is 149 Å². The molecule has 0 heterocycles. The molecule has 0 spiro atoms. The molecule has 3 aromatic carbocycles. The fraction of sp³-hybridized carbons (Fsp3) is 0.561. The Bertz CT molecular complexity index is 1580. The van der Waals surface area contributed by atoms with Crippen molar-refractivity contribution in [2.24, 2.45) is 0 Å². The maximum Gasteiger partial charge on any atom is 0.360 e. The summed E-state index contributed by atoms with van der Waals surface area (Å²) in [6.45, 7) is 28.7. The summed E-state index contributed by atoms with van der Waals surface area (Å²) in [5.74, 6) is 0.912. The van der Waals surface area contributed by atoms with Crippen LogP contribution >= 0.6 is 0 Å². The van der Waals surface area contributed by atoms with Gasteiger partial charge in [-0.2, -0.15) is 0 Å². The van der Waals surface area contributed by atoms with Gasteiger partial charge >= 0.3 is 26.4 Å². The molecule has 1 aliphatic carbocycles. The van der Waals surface area contributed by atoms with Gasteiger partial charge in [-0.1, -0.05) is 67.4 Å². The highest BCUT2D eigenvalue weighted by atomic mass is 28.5. The molecular weight excluding hydrogens is 741 g/mol. The quantitative estimate of drug-likeness (QED) is 0.110. The minimum Gasteiger partial charge on any atom is -0.489 e. The lowest BCUT2D eigenvalue weighted by atomic mass is 9.89. The van der Waals surface area contributed by atoms with Gasteiger partial charge in [0.2, 0.25) is 0 Å². The molecule has 3 aromatic rings. The van der Waals surface area contributed by atoms with E-state index in [9.17, 15) is 0 Å². The highest BCUT2D eigenvalue weighted by Crippen LogP contribution is 2.28. The van der Waals surface area contributed by atoms with Crippen LogP contribution in [-0.4, -0.2) is 55.1 Å². The maximum atomic E-state index is 6.93. The van der Waals surface area contributed by atoms with E-state index in [1.807, 2.05) is 0 Å². The molecule has 53 heavy (non-hydrogen) atoms. The van der Waals surface area contributed by atoms with E-state index in [2.05, 4.69) is 157 Å². The number of nitrogens with one attached hydrogen (secondary N) is 2. The fourth-order valence-electron chi connectivity index (χ4n) is 7.34. The van der Waals surface area contributed by atoms with E-state index in [0.717, 1.165) is 36.9 Å². The summed E-state index contributed by atoms with van der Waals surface area (Å²) in [4.78, 5) is 0. The third kappa shape index (κ3) is 15.8. The fourth-order valence-corrected chi connectivity index (χ4v) is 26.5. The van der Waals surface area contributed by atoms with Gasteiger partial charge in [-0.25, -0.2) is 0 Å². The summed E-state index contributed by atoms with van der Waals surface area (Å²) in [6.07, 6.45) is 5.89. The SMILES string of the molecule is Cc1ccc(OCc2ccc(CC[Si](C)(O[Si](C)O[Si](C)(C)C)O[Si](C)(C)O[Si](C)(C)C)cc2)cc1CNC1CCCC[C@@H]1NCc1ccccc1C. The zero-order valence-corrected chi connectivity index (χ0v) is 39.9. The molecule has 12 heteroatoms. The molecule has 2 N–H and O–H groups in total. The van der Waals surface area contributed by atoms with Crippen LogP contribution in [0.3, 0.4) is 0 Å². The van der Waals surface area contributed by atoms with Crippen LogP contribution < -0.4 is 15.4 Å². The molecule has 7 nitrogen and oxygen atoms in total. The third-order valence-corrected chi connectivity index (χ3v) is 25.3. The lowest BCUT2D eigenvalue weighted by molar-refractivity contribution is 0.280. The Labute approximate surface area is 328 Å². The molecule has 1 aliphatic rings. The van der Waals surface area contributed by atoms with E-state index in [-0.39, 0.29) is 0 Å². The first kappa shape index (κ1) is 44.0. The monoisotopic (exact) mass is 809 g/mol. The minimum absolute atomic E-state index is 0.462. The Balaban J connectivity index is 1.32. The molecule has 0 aromatic heterocycles. The van der Waals surface area contributed by atoms with Crippen LogP contribution in [0.1, 0.15) is 59.1 Å². The molecule has 1 radical (unpaired) electrons. The van der Waals surface area contributed by atoms with Crippen LogP contribution in [0.25, 0.3) is 0 Å². The molecular formula is C41H69N2O5Si5. The van der Waals surface area contributed by atoms with Crippen LogP contribution in [0.15, 0.2) is 66.7 Å². The lowest BCUT2D eigenvalue weighted by Crippen LogP contribution is -2.56. The van der Waals surface area contributed by atoms with Crippen LogP contribution in [0.2, 0.25) is 71.5 Å². The lowest BCUT2D eigenvalue weighted by Gasteiger charge is -2.40. The molecule has 0 aliphatic heterocycles. The zero-order chi connectivity index (χ0) is 38.9. The van der Waals surface area contributed by atoms with Gasteiger partial charge in [-0.05, 0) is 150 Å². The van der Waals surface area contributed by atoms with Crippen molar-refractivity contribution in [2.75, 3.05) is 0 Å². The van der Waals surface area contributed by atoms with E-state index in [4.69, 9.17) is 21.2 Å². The Hall–Kier alpha value is -1.70. The second-order valence-corrected chi connectivity index (χ2v) is 35.8. The summed E-state index contributed by atoms with van der Waals surface area (Å²) >= 11 is 0. The predicted molar refractivity (Wildman–Crippen MR) is 233 cm³/mol. The molecule has 3 atom stereocenters. The van der Waals surface area contributed by atoms with Gasteiger partial charge in [-0.15, -0.1) is 0 Å². The normalized spacial score (nSPS) is 18.3. The van der Waals surface area contributed by atoms with Crippen molar-refractivity contribution in [3.8, 4) is 5.75 Å². The number of rotatable bonds is 20. The van der Waals surface area contributed by atoms with Crippen molar-refractivity contribution < 1.29 is 21.2 Å². The molecule has 2 unspecified atom stereocenters. The first-order valence-electron chi connectivity index (χ1n) is 19.7. The molecule has 0 bridgehead atoms. The van der Waals surface area contributed by atoms with Gasteiger partial charge in [0, 0.05) is 25.2 Å². The van der Waals surface area contributed by atoms with Crippen LogP contribution in [0, 0.1) is 13.8 Å². The maximum absolute atomic E-state index is 6.93.